The van der Waals surface area contributed by atoms with Crippen molar-refractivity contribution >= 4 is 22.5 Å². The molecule has 0 atom stereocenters. The van der Waals surface area contributed by atoms with Crippen LogP contribution >= 0.6 is 11.3 Å². The van der Waals surface area contributed by atoms with E-state index in [0.717, 1.165) is 11.3 Å². The van der Waals surface area contributed by atoms with Gasteiger partial charge in [0.05, 0.1) is 5.69 Å². The van der Waals surface area contributed by atoms with E-state index in [0.29, 0.717) is 24.0 Å². The summed E-state index contributed by atoms with van der Waals surface area (Å²) in [5, 5.41) is 11.3. The predicted molar refractivity (Wildman–Crippen MR) is 80.4 cm³/mol. The number of thiazole rings is 1. The Balaban J connectivity index is 1.50. The minimum atomic E-state index is -0.327. The number of rotatable bonds is 5. The quantitative estimate of drug-likeness (QED) is 0.745. The Morgan fingerprint density at radius 1 is 1.41 bits per heavy atom. The summed E-state index contributed by atoms with van der Waals surface area (Å²) in [6.07, 6.45) is 5.23. The number of pyridine rings is 1. The maximum absolute atomic E-state index is 11.8. The van der Waals surface area contributed by atoms with Crippen molar-refractivity contribution in [3.63, 3.8) is 0 Å². The molecule has 0 aromatic carbocycles. The van der Waals surface area contributed by atoms with Crippen molar-refractivity contribution in [2.75, 3.05) is 11.9 Å². The Morgan fingerprint density at radius 2 is 2.36 bits per heavy atom. The molecule has 0 aliphatic rings. The van der Waals surface area contributed by atoms with E-state index in [-0.39, 0.29) is 6.03 Å². The Hall–Kier alpha value is -2.81. The lowest BCUT2D eigenvalue weighted by Crippen LogP contribution is -2.30. The average molecular weight is 316 g/mol. The van der Waals surface area contributed by atoms with Crippen LogP contribution in [0, 0.1) is 0 Å². The van der Waals surface area contributed by atoms with Gasteiger partial charge in [-0.2, -0.15) is 4.98 Å². The molecule has 0 spiro atoms. The van der Waals surface area contributed by atoms with Crippen LogP contribution in [0.4, 0.5) is 9.93 Å². The van der Waals surface area contributed by atoms with Gasteiger partial charge in [0.1, 0.15) is 0 Å². The minimum absolute atomic E-state index is 0.327. The van der Waals surface area contributed by atoms with E-state index in [1.54, 1.807) is 12.4 Å². The van der Waals surface area contributed by atoms with E-state index in [1.165, 1.54) is 17.7 Å². The second-order valence-corrected chi connectivity index (χ2v) is 5.10. The van der Waals surface area contributed by atoms with Crippen molar-refractivity contribution in [1.82, 2.24) is 25.4 Å². The van der Waals surface area contributed by atoms with Crippen LogP contribution in [0.1, 0.15) is 5.89 Å². The highest BCUT2D eigenvalue weighted by Gasteiger charge is 2.08. The lowest BCUT2D eigenvalue weighted by molar-refractivity contribution is 0.252. The topological polar surface area (TPSA) is 106 Å². The molecule has 3 rings (SSSR count). The summed E-state index contributed by atoms with van der Waals surface area (Å²) in [6.45, 7) is 0.398. The van der Waals surface area contributed by atoms with Crippen molar-refractivity contribution < 1.29 is 9.32 Å². The highest BCUT2D eigenvalue weighted by atomic mass is 32.1. The zero-order chi connectivity index (χ0) is 15.2. The number of carbonyl (C=O) groups excluding carboxylic acids is 1. The first-order valence-corrected chi connectivity index (χ1v) is 7.35. The van der Waals surface area contributed by atoms with Gasteiger partial charge in [-0.1, -0.05) is 5.16 Å². The zero-order valence-electron chi connectivity index (χ0n) is 11.4. The number of nitrogens with one attached hydrogen (secondary N) is 2. The Morgan fingerprint density at radius 3 is 3.14 bits per heavy atom. The first-order chi connectivity index (χ1) is 10.8. The van der Waals surface area contributed by atoms with Crippen molar-refractivity contribution in [3.05, 3.63) is 42.1 Å². The van der Waals surface area contributed by atoms with Crippen LogP contribution in [0.15, 0.2) is 40.8 Å². The molecule has 0 bridgehead atoms. The number of anilines is 1. The van der Waals surface area contributed by atoms with E-state index >= 15 is 0 Å². The molecule has 112 valence electrons. The lowest BCUT2D eigenvalue weighted by atomic mass is 10.2. The molecule has 9 heteroatoms. The number of urea groups is 1. The third-order valence-electron chi connectivity index (χ3n) is 2.71. The fourth-order valence-electron chi connectivity index (χ4n) is 1.71. The normalized spacial score (nSPS) is 10.4. The summed E-state index contributed by atoms with van der Waals surface area (Å²) in [5.74, 6) is 0.480. The van der Waals surface area contributed by atoms with E-state index in [9.17, 15) is 4.79 Å². The average Bonchev–Trinajstić information content (AvgIpc) is 3.20. The van der Waals surface area contributed by atoms with Crippen molar-refractivity contribution in [2.45, 2.75) is 6.42 Å². The lowest BCUT2D eigenvalue weighted by Gasteiger charge is -2.03. The number of carbonyl (C=O) groups is 1. The second kappa shape index (κ2) is 6.76. The summed E-state index contributed by atoms with van der Waals surface area (Å²) in [5.41, 5.74) is 1.68. The van der Waals surface area contributed by atoms with E-state index in [1.807, 2.05) is 17.5 Å². The van der Waals surface area contributed by atoms with Crippen LogP contribution in [0.5, 0.6) is 0 Å². The third kappa shape index (κ3) is 3.64. The molecule has 22 heavy (non-hydrogen) atoms. The maximum atomic E-state index is 11.8. The van der Waals surface area contributed by atoms with Crippen LogP contribution in [0.3, 0.4) is 0 Å². The minimum Gasteiger partial charge on any atom is -0.340 e. The van der Waals surface area contributed by atoms with Gasteiger partial charge in [-0.15, -0.1) is 11.3 Å². The molecular formula is C13H12N6O2S. The van der Waals surface area contributed by atoms with E-state index in [4.69, 9.17) is 4.52 Å². The number of hydrogen-bond donors (Lipinski definition) is 2. The van der Waals surface area contributed by atoms with Gasteiger partial charge in [0.25, 0.3) is 0 Å². The van der Waals surface area contributed by atoms with Crippen molar-refractivity contribution in [2.24, 2.45) is 0 Å². The van der Waals surface area contributed by atoms with Crippen LogP contribution in [0.2, 0.25) is 0 Å². The molecule has 0 saturated carbocycles. The SMILES string of the molecule is O=C(NCCc1ncno1)Nc1nc(-c2cccnc2)cs1. The maximum Gasteiger partial charge on any atom is 0.321 e. The molecule has 0 radical (unpaired) electrons. The number of amides is 2. The molecule has 2 N–H and O–H groups in total. The fraction of sp³-hybridized carbons (Fsp3) is 0.154. The molecule has 0 aliphatic heterocycles. The van der Waals surface area contributed by atoms with Gasteiger partial charge in [0.2, 0.25) is 5.89 Å². The summed E-state index contributed by atoms with van der Waals surface area (Å²) in [4.78, 5) is 24.0. The molecule has 3 aromatic heterocycles. The summed E-state index contributed by atoms with van der Waals surface area (Å²) < 4.78 is 4.84. The largest absolute Gasteiger partial charge is 0.340 e. The number of nitrogens with zero attached hydrogens (tertiary/aromatic N) is 4. The Labute approximate surface area is 129 Å². The Bertz CT molecular complexity index is 728. The molecule has 2 amide bonds. The van der Waals surface area contributed by atoms with Crippen LogP contribution in [0.25, 0.3) is 11.3 Å². The molecule has 0 fully saturated rings. The molecule has 0 aliphatic carbocycles. The van der Waals surface area contributed by atoms with E-state index in [2.05, 4.69) is 30.7 Å². The molecule has 8 nitrogen and oxygen atoms in total. The van der Waals surface area contributed by atoms with Gasteiger partial charge in [0, 0.05) is 36.3 Å². The van der Waals surface area contributed by atoms with Crippen LogP contribution < -0.4 is 10.6 Å². The van der Waals surface area contributed by atoms with Gasteiger partial charge in [-0.25, -0.2) is 9.78 Å². The van der Waals surface area contributed by atoms with Crippen molar-refractivity contribution in [3.8, 4) is 11.3 Å². The van der Waals surface area contributed by atoms with Gasteiger partial charge in [0.15, 0.2) is 11.5 Å². The predicted octanol–water partition coefficient (Wildman–Crippen LogP) is 1.95. The van der Waals surface area contributed by atoms with Gasteiger partial charge in [-0.05, 0) is 12.1 Å². The molecular weight excluding hydrogens is 304 g/mol. The first kappa shape index (κ1) is 14.1. The summed E-state index contributed by atoms with van der Waals surface area (Å²) in [6, 6.07) is 3.43. The molecule has 3 heterocycles. The van der Waals surface area contributed by atoms with Crippen LogP contribution in [-0.2, 0) is 6.42 Å². The highest BCUT2D eigenvalue weighted by Crippen LogP contribution is 2.23. The van der Waals surface area contributed by atoms with E-state index < -0.39 is 0 Å². The second-order valence-electron chi connectivity index (χ2n) is 4.25. The third-order valence-corrected chi connectivity index (χ3v) is 3.47. The molecule has 0 saturated heterocycles. The number of hydrogen-bond acceptors (Lipinski definition) is 7. The van der Waals surface area contributed by atoms with Gasteiger partial charge in [-0.3, -0.25) is 10.3 Å². The monoisotopic (exact) mass is 316 g/mol. The number of aromatic nitrogens is 4. The Kier molecular flexibility index (Phi) is 4.35. The fourth-order valence-corrected chi connectivity index (χ4v) is 2.42. The summed E-state index contributed by atoms with van der Waals surface area (Å²) in [7, 11) is 0. The highest BCUT2D eigenvalue weighted by molar-refractivity contribution is 7.14. The standard InChI is InChI=1S/C13H12N6O2S/c20-12(15-5-3-11-16-8-17-21-11)19-13-18-10(7-22-13)9-2-1-4-14-6-9/h1-2,4,6-8H,3,5H2,(H2,15,18,19,20). The molecule has 0 unspecified atom stereocenters. The zero-order valence-corrected chi connectivity index (χ0v) is 12.2. The van der Waals surface area contributed by atoms with Gasteiger partial charge >= 0.3 is 6.03 Å². The van der Waals surface area contributed by atoms with Gasteiger partial charge < -0.3 is 9.84 Å². The van der Waals surface area contributed by atoms with Crippen molar-refractivity contribution in [1.29, 1.82) is 0 Å². The molecule has 3 aromatic rings. The smallest absolute Gasteiger partial charge is 0.321 e. The first-order valence-electron chi connectivity index (χ1n) is 6.47. The summed E-state index contributed by atoms with van der Waals surface area (Å²) >= 11 is 1.35. The van der Waals surface area contributed by atoms with Crippen LogP contribution in [-0.4, -0.2) is 32.7 Å².